The topological polar surface area (TPSA) is 12.0 Å². The number of hydrogen-bond acceptors (Lipinski definition) is 1. The van der Waals surface area contributed by atoms with E-state index >= 15 is 0 Å². The van der Waals surface area contributed by atoms with Crippen LogP contribution >= 0.6 is 15.9 Å². The Morgan fingerprint density at radius 1 is 1.46 bits per heavy atom. The highest BCUT2D eigenvalue weighted by molar-refractivity contribution is 9.10. The Bertz CT molecular complexity index is 327. The van der Waals surface area contributed by atoms with Crippen molar-refractivity contribution in [3.63, 3.8) is 0 Å². The van der Waals surface area contributed by atoms with E-state index in [1.54, 1.807) is 12.1 Å². The van der Waals surface area contributed by atoms with Crippen molar-refractivity contribution in [1.29, 1.82) is 0 Å². The first-order chi connectivity index (χ1) is 6.18. The molecule has 1 aliphatic rings. The van der Waals surface area contributed by atoms with Crippen molar-refractivity contribution in [2.75, 3.05) is 11.9 Å². The van der Waals surface area contributed by atoms with E-state index in [2.05, 4.69) is 21.2 Å². The molecule has 1 N–H and O–H groups in total. The third-order valence-corrected chi connectivity index (χ3v) is 2.72. The number of fused-ring (bicyclic) bond motifs is 1. The van der Waals surface area contributed by atoms with Gasteiger partial charge in [-0.1, -0.05) is 22.0 Å². The van der Waals surface area contributed by atoms with Crippen LogP contribution in [0.3, 0.4) is 0 Å². The third-order valence-electron chi connectivity index (χ3n) is 2.23. The molecule has 0 bridgehead atoms. The standard InChI is InChI=1S/C9H8BrF2N/c10-5-1-2-6-7(9(11)12)4-13-8(6)3-5/h1-3,7,9,13H,4H2. The van der Waals surface area contributed by atoms with Crippen LogP contribution in [-0.2, 0) is 0 Å². The zero-order chi connectivity index (χ0) is 9.42. The van der Waals surface area contributed by atoms with E-state index in [0.717, 1.165) is 15.7 Å². The predicted octanol–water partition coefficient (Wildman–Crippen LogP) is 3.22. The first kappa shape index (κ1) is 8.94. The van der Waals surface area contributed by atoms with E-state index in [4.69, 9.17) is 0 Å². The highest BCUT2D eigenvalue weighted by Gasteiger charge is 2.29. The van der Waals surface area contributed by atoms with E-state index in [0.29, 0.717) is 6.54 Å². The molecule has 1 unspecified atom stereocenters. The van der Waals surface area contributed by atoms with Crippen LogP contribution in [0.1, 0.15) is 11.5 Å². The molecular weight excluding hydrogens is 240 g/mol. The summed E-state index contributed by atoms with van der Waals surface area (Å²) in [7, 11) is 0. The molecule has 0 aliphatic carbocycles. The maximum absolute atomic E-state index is 12.5. The average molecular weight is 248 g/mol. The summed E-state index contributed by atoms with van der Waals surface area (Å²) in [6.45, 7) is 0.337. The van der Waals surface area contributed by atoms with Crippen LogP contribution < -0.4 is 5.32 Å². The van der Waals surface area contributed by atoms with E-state index in [-0.39, 0.29) is 0 Å². The van der Waals surface area contributed by atoms with Crippen molar-refractivity contribution in [1.82, 2.24) is 0 Å². The minimum Gasteiger partial charge on any atom is -0.384 e. The zero-order valence-electron chi connectivity index (χ0n) is 6.73. The van der Waals surface area contributed by atoms with Gasteiger partial charge in [0, 0.05) is 16.7 Å². The highest BCUT2D eigenvalue weighted by Crippen LogP contribution is 2.36. The molecule has 2 rings (SSSR count). The lowest BCUT2D eigenvalue weighted by Crippen LogP contribution is -2.10. The van der Waals surface area contributed by atoms with Gasteiger partial charge in [0.2, 0.25) is 6.43 Å². The molecule has 1 atom stereocenters. The Morgan fingerprint density at radius 3 is 2.92 bits per heavy atom. The second kappa shape index (κ2) is 3.25. The van der Waals surface area contributed by atoms with E-state index < -0.39 is 12.3 Å². The molecule has 0 amide bonds. The minimum absolute atomic E-state index is 0.337. The summed E-state index contributed by atoms with van der Waals surface area (Å²) in [6.07, 6.45) is -2.28. The lowest BCUT2D eigenvalue weighted by atomic mass is 10.0. The summed E-state index contributed by atoms with van der Waals surface area (Å²) in [6, 6.07) is 5.37. The van der Waals surface area contributed by atoms with E-state index in [1.807, 2.05) is 6.07 Å². The normalized spacial score (nSPS) is 20.2. The fourth-order valence-electron chi connectivity index (χ4n) is 1.56. The van der Waals surface area contributed by atoms with Crippen molar-refractivity contribution in [2.24, 2.45) is 0 Å². The van der Waals surface area contributed by atoms with Gasteiger partial charge in [0.25, 0.3) is 0 Å². The molecule has 0 aromatic heterocycles. The number of benzene rings is 1. The highest BCUT2D eigenvalue weighted by atomic mass is 79.9. The van der Waals surface area contributed by atoms with Crippen LogP contribution in [0.25, 0.3) is 0 Å². The molecule has 4 heteroatoms. The summed E-state index contributed by atoms with van der Waals surface area (Å²) < 4.78 is 25.8. The average Bonchev–Trinajstić information content (AvgIpc) is 2.46. The fourth-order valence-corrected chi connectivity index (χ4v) is 1.92. The summed E-state index contributed by atoms with van der Waals surface area (Å²) in [5.74, 6) is -0.650. The number of rotatable bonds is 1. The SMILES string of the molecule is FC(F)C1CNc2cc(Br)ccc21. The van der Waals surface area contributed by atoms with Crippen LogP contribution in [0.4, 0.5) is 14.5 Å². The molecule has 1 aromatic rings. The molecule has 13 heavy (non-hydrogen) atoms. The molecule has 0 radical (unpaired) electrons. The van der Waals surface area contributed by atoms with Gasteiger partial charge in [-0.2, -0.15) is 0 Å². The summed E-state index contributed by atoms with van der Waals surface area (Å²) in [4.78, 5) is 0. The van der Waals surface area contributed by atoms with Crippen LogP contribution in [0.2, 0.25) is 0 Å². The molecule has 0 saturated carbocycles. The van der Waals surface area contributed by atoms with Gasteiger partial charge < -0.3 is 5.32 Å². The maximum Gasteiger partial charge on any atom is 0.247 e. The van der Waals surface area contributed by atoms with Gasteiger partial charge in [0.15, 0.2) is 0 Å². The third kappa shape index (κ3) is 1.55. The van der Waals surface area contributed by atoms with Gasteiger partial charge in [-0.3, -0.25) is 0 Å². The van der Waals surface area contributed by atoms with Crippen molar-refractivity contribution >= 4 is 21.6 Å². The monoisotopic (exact) mass is 247 g/mol. The quantitative estimate of drug-likeness (QED) is 0.804. The lowest BCUT2D eigenvalue weighted by Gasteiger charge is -2.07. The molecule has 1 nitrogen and oxygen atoms in total. The van der Waals surface area contributed by atoms with Gasteiger partial charge in [0.1, 0.15) is 0 Å². The largest absolute Gasteiger partial charge is 0.384 e. The van der Waals surface area contributed by atoms with Crippen molar-refractivity contribution in [2.45, 2.75) is 12.3 Å². The summed E-state index contributed by atoms with van der Waals surface area (Å²) in [5, 5.41) is 2.96. The smallest absolute Gasteiger partial charge is 0.247 e. The first-order valence-electron chi connectivity index (χ1n) is 4.00. The molecule has 1 heterocycles. The molecule has 70 valence electrons. The van der Waals surface area contributed by atoms with Crippen molar-refractivity contribution in [3.8, 4) is 0 Å². The Balaban J connectivity index is 2.38. The number of halogens is 3. The summed E-state index contributed by atoms with van der Waals surface area (Å²) >= 11 is 3.29. The number of hydrogen-bond donors (Lipinski definition) is 1. The van der Waals surface area contributed by atoms with Crippen molar-refractivity contribution < 1.29 is 8.78 Å². The van der Waals surface area contributed by atoms with Gasteiger partial charge in [-0.05, 0) is 17.7 Å². The maximum atomic E-state index is 12.5. The molecule has 0 saturated heterocycles. The van der Waals surface area contributed by atoms with E-state index in [1.165, 1.54) is 0 Å². The number of anilines is 1. The van der Waals surface area contributed by atoms with Gasteiger partial charge >= 0.3 is 0 Å². The van der Waals surface area contributed by atoms with Crippen LogP contribution in [0, 0.1) is 0 Å². The second-order valence-electron chi connectivity index (χ2n) is 3.05. The second-order valence-corrected chi connectivity index (χ2v) is 3.97. The molecule has 0 fully saturated rings. The molecular formula is C9H8BrF2N. The van der Waals surface area contributed by atoms with Crippen LogP contribution in [0.5, 0.6) is 0 Å². The van der Waals surface area contributed by atoms with Crippen LogP contribution in [-0.4, -0.2) is 13.0 Å². The Morgan fingerprint density at radius 2 is 2.23 bits per heavy atom. The molecule has 1 aromatic carbocycles. The minimum atomic E-state index is -2.28. The Hall–Kier alpha value is -0.640. The molecule has 1 aliphatic heterocycles. The number of nitrogens with one attached hydrogen (secondary N) is 1. The van der Waals surface area contributed by atoms with E-state index in [9.17, 15) is 8.78 Å². The lowest BCUT2D eigenvalue weighted by molar-refractivity contribution is 0.121. The molecule has 0 spiro atoms. The van der Waals surface area contributed by atoms with Gasteiger partial charge in [-0.25, -0.2) is 8.78 Å². The van der Waals surface area contributed by atoms with Crippen molar-refractivity contribution in [3.05, 3.63) is 28.2 Å². The van der Waals surface area contributed by atoms with Gasteiger partial charge in [0.05, 0.1) is 5.92 Å². The Kier molecular flexibility index (Phi) is 2.24. The van der Waals surface area contributed by atoms with Gasteiger partial charge in [-0.15, -0.1) is 0 Å². The Labute approximate surface area is 83.3 Å². The first-order valence-corrected chi connectivity index (χ1v) is 4.79. The van der Waals surface area contributed by atoms with Crippen LogP contribution in [0.15, 0.2) is 22.7 Å². The fraction of sp³-hybridized carbons (Fsp3) is 0.333. The summed E-state index contributed by atoms with van der Waals surface area (Å²) in [5.41, 5.74) is 1.54. The number of alkyl halides is 2. The predicted molar refractivity (Wildman–Crippen MR) is 51.4 cm³/mol. The zero-order valence-corrected chi connectivity index (χ0v) is 8.31.